The number of aromatic nitrogens is 2. The lowest BCUT2D eigenvalue weighted by Crippen LogP contribution is -2.27. The van der Waals surface area contributed by atoms with Gasteiger partial charge in [0.2, 0.25) is 0 Å². The molecule has 0 radical (unpaired) electrons. The number of fused-ring (bicyclic) bond motifs is 1. The van der Waals surface area contributed by atoms with Gasteiger partial charge >= 0.3 is 6.09 Å². The van der Waals surface area contributed by atoms with Gasteiger partial charge in [-0.15, -0.1) is 0 Å². The largest absolute Gasteiger partial charge is 0.444 e. The first-order chi connectivity index (χ1) is 8.35. The van der Waals surface area contributed by atoms with Crippen molar-refractivity contribution in [1.29, 1.82) is 0 Å². The molecule has 0 bridgehead atoms. The maximum Gasteiger partial charge on any atom is 0.412 e. The van der Waals surface area contributed by atoms with Crippen LogP contribution in [0.2, 0.25) is 0 Å². The van der Waals surface area contributed by atoms with E-state index in [0.717, 1.165) is 9.86 Å². The zero-order valence-corrected chi connectivity index (χ0v) is 12.0. The van der Waals surface area contributed by atoms with Crippen LogP contribution in [0.25, 0.3) is 11.0 Å². The van der Waals surface area contributed by atoms with Crippen LogP contribution in [0.3, 0.4) is 0 Å². The molecule has 0 unspecified atom stereocenters. The van der Waals surface area contributed by atoms with Gasteiger partial charge in [-0.1, -0.05) is 0 Å². The van der Waals surface area contributed by atoms with Gasteiger partial charge in [0.1, 0.15) is 11.2 Å². The van der Waals surface area contributed by atoms with Crippen LogP contribution in [0, 0.1) is 0 Å². The average molecular weight is 312 g/mol. The quantitative estimate of drug-likeness (QED) is 0.844. The summed E-state index contributed by atoms with van der Waals surface area (Å²) >= 11 is 3.35. The number of hydrogen-bond donors (Lipinski definition) is 2. The molecule has 6 heteroatoms. The zero-order chi connectivity index (χ0) is 13.3. The second-order valence-electron chi connectivity index (χ2n) is 4.88. The predicted molar refractivity (Wildman–Crippen MR) is 73.7 cm³/mol. The fourth-order valence-corrected chi connectivity index (χ4v) is 1.83. The Bertz CT molecular complexity index is 587. The Labute approximate surface area is 113 Å². The number of nitrogens with one attached hydrogen (secondary N) is 2. The molecule has 2 rings (SSSR count). The number of pyridine rings is 1. The van der Waals surface area contributed by atoms with Gasteiger partial charge in [0.15, 0.2) is 0 Å². The molecular formula is C12H14BrN3O2. The number of ether oxygens (including phenoxy) is 1. The first kappa shape index (κ1) is 12.9. The van der Waals surface area contributed by atoms with Gasteiger partial charge in [0.25, 0.3) is 0 Å². The smallest absolute Gasteiger partial charge is 0.412 e. The van der Waals surface area contributed by atoms with Crippen molar-refractivity contribution in [1.82, 2.24) is 9.97 Å². The lowest BCUT2D eigenvalue weighted by Gasteiger charge is -2.19. The highest BCUT2D eigenvalue weighted by atomic mass is 79.9. The molecule has 0 aliphatic heterocycles. The second kappa shape index (κ2) is 4.61. The van der Waals surface area contributed by atoms with E-state index in [2.05, 4.69) is 31.2 Å². The number of rotatable bonds is 1. The first-order valence-corrected chi connectivity index (χ1v) is 6.27. The van der Waals surface area contributed by atoms with Crippen LogP contribution in [0.1, 0.15) is 20.8 Å². The second-order valence-corrected chi connectivity index (χ2v) is 5.79. The van der Waals surface area contributed by atoms with Gasteiger partial charge in [-0.05, 0) is 42.8 Å². The molecule has 0 fully saturated rings. The minimum Gasteiger partial charge on any atom is -0.444 e. The summed E-state index contributed by atoms with van der Waals surface area (Å²) in [6.07, 6.45) is 2.90. The number of H-pyrrole nitrogens is 1. The highest BCUT2D eigenvalue weighted by Gasteiger charge is 2.17. The topological polar surface area (TPSA) is 67.0 Å². The van der Waals surface area contributed by atoms with E-state index in [0.29, 0.717) is 11.3 Å². The van der Waals surface area contributed by atoms with Crippen LogP contribution in [-0.4, -0.2) is 21.7 Å². The van der Waals surface area contributed by atoms with E-state index in [-0.39, 0.29) is 0 Å². The van der Waals surface area contributed by atoms with E-state index >= 15 is 0 Å². The van der Waals surface area contributed by atoms with E-state index < -0.39 is 11.7 Å². The maximum absolute atomic E-state index is 11.7. The maximum atomic E-state index is 11.7. The molecule has 0 aliphatic rings. The van der Waals surface area contributed by atoms with Gasteiger partial charge in [-0.25, -0.2) is 9.78 Å². The Morgan fingerprint density at radius 2 is 2.22 bits per heavy atom. The van der Waals surface area contributed by atoms with Crippen LogP contribution in [0.5, 0.6) is 0 Å². The Kier molecular flexibility index (Phi) is 3.30. The predicted octanol–water partition coefficient (Wildman–Crippen LogP) is 3.67. The molecule has 18 heavy (non-hydrogen) atoms. The summed E-state index contributed by atoms with van der Waals surface area (Å²) < 4.78 is 6.04. The summed E-state index contributed by atoms with van der Waals surface area (Å²) in [5, 5.41) is 3.52. The van der Waals surface area contributed by atoms with Crippen molar-refractivity contribution >= 4 is 38.7 Å². The van der Waals surface area contributed by atoms with E-state index in [4.69, 9.17) is 4.74 Å². The third-order valence-electron chi connectivity index (χ3n) is 2.13. The molecule has 0 atom stereocenters. The van der Waals surface area contributed by atoms with Crippen molar-refractivity contribution in [2.45, 2.75) is 26.4 Å². The molecule has 0 aliphatic carbocycles. The van der Waals surface area contributed by atoms with Crippen molar-refractivity contribution in [3.05, 3.63) is 22.9 Å². The van der Waals surface area contributed by atoms with Gasteiger partial charge in [-0.3, -0.25) is 5.32 Å². The molecule has 2 N–H and O–H groups in total. The Morgan fingerprint density at radius 1 is 1.50 bits per heavy atom. The number of hydrogen-bond acceptors (Lipinski definition) is 3. The summed E-state index contributed by atoms with van der Waals surface area (Å²) in [6, 6.07) is 1.88. The van der Waals surface area contributed by atoms with Crippen LogP contribution in [0.15, 0.2) is 22.9 Å². The number of aromatic amines is 1. The van der Waals surface area contributed by atoms with E-state index in [1.54, 1.807) is 12.4 Å². The first-order valence-electron chi connectivity index (χ1n) is 5.48. The Hall–Kier alpha value is -1.56. The SMILES string of the molecule is CC(C)(C)OC(=O)Nc1c[nH]c2ncc(Br)cc12. The summed E-state index contributed by atoms with van der Waals surface area (Å²) in [7, 11) is 0. The number of anilines is 1. The van der Waals surface area contributed by atoms with Crippen molar-refractivity contribution in [3.8, 4) is 0 Å². The zero-order valence-electron chi connectivity index (χ0n) is 10.4. The molecular weight excluding hydrogens is 298 g/mol. The number of carbonyl (C=O) groups is 1. The normalized spacial score (nSPS) is 11.6. The summed E-state index contributed by atoms with van der Waals surface area (Å²) in [4.78, 5) is 18.8. The standard InChI is InChI=1S/C12H14BrN3O2/c1-12(2,3)18-11(17)16-9-6-15-10-8(9)4-7(13)5-14-10/h4-6H,1-3H3,(H,14,15)(H,16,17). The summed E-state index contributed by atoms with van der Waals surface area (Å²) in [5.74, 6) is 0. The number of halogens is 1. The van der Waals surface area contributed by atoms with Gasteiger partial charge in [0, 0.05) is 22.3 Å². The van der Waals surface area contributed by atoms with Crippen molar-refractivity contribution in [2.24, 2.45) is 0 Å². The lowest BCUT2D eigenvalue weighted by molar-refractivity contribution is 0.0636. The van der Waals surface area contributed by atoms with Crippen molar-refractivity contribution < 1.29 is 9.53 Å². The van der Waals surface area contributed by atoms with E-state index in [1.165, 1.54) is 0 Å². The van der Waals surface area contributed by atoms with Crippen LogP contribution in [-0.2, 0) is 4.74 Å². The number of carbonyl (C=O) groups excluding carboxylic acids is 1. The Morgan fingerprint density at radius 3 is 2.89 bits per heavy atom. The van der Waals surface area contributed by atoms with Crippen molar-refractivity contribution in [2.75, 3.05) is 5.32 Å². The lowest BCUT2D eigenvalue weighted by atomic mass is 10.2. The fourth-order valence-electron chi connectivity index (χ4n) is 1.49. The molecule has 2 aromatic rings. The minimum absolute atomic E-state index is 0.483. The van der Waals surface area contributed by atoms with Crippen LogP contribution >= 0.6 is 15.9 Å². The number of nitrogens with zero attached hydrogens (tertiary/aromatic N) is 1. The van der Waals surface area contributed by atoms with Crippen LogP contribution < -0.4 is 5.32 Å². The highest BCUT2D eigenvalue weighted by molar-refractivity contribution is 9.10. The van der Waals surface area contributed by atoms with Crippen molar-refractivity contribution in [3.63, 3.8) is 0 Å². The van der Waals surface area contributed by atoms with E-state index in [1.807, 2.05) is 26.8 Å². The van der Waals surface area contributed by atoms with E-state index in [9.17, 15) is 4.79 Å². The molecule has 2 heterocycles. The molecule has 2 aromatic heterocycles. The number of amides is 1. The van der Waals surface area contributed by atoms with Gasteiger partial charge in [0.05, 0.1) is 5.69 Å². The average Bonchev–Trinajstić information content (AvgIpc) is 2.58. The summed E-state index contributed by atoms with van der Waals surface area (Å²) in [6.45, 7) is 5.46. The molecule has 96 valence electrons. The molecule has 0 saturated heterocycles. The minimum atomic E-state index is -0.519. The van der Waals surface area contributed by atoms with Crippen LogP contribution in [0.4, 0.5) is 10.5 Å². The molecule has 5 nitrogen and oxygen atoms in total. The molecule has 1 amide bonds. The third-order valence-corrected chi connectivity index (χ3v) is 2.57. The monoisotopic (exact) mass is 311 g/mol. The highest BCUT2D eigenvalue weighted by Crippen LogP contribution is 2.25. The summed E-state index contributed by atoms with van der Waals surface area (Å²) in [5.41, 5.74) is 0.840. The van der Waals surface area contributed by atoms with Gasteiger partial charge in [-0.2, -0.15) is 0 Å². The molecule has 0 saturated carbocycles. The van der Waals surface area contributed by atoms with Gasteiger partial charge < -0.3 is 9.72 Å². The molecule has 0 spiro atoms. The third kappa shape index (κ3) is 3.01. The fraction of sp³-hybridized carbons (Fsp3) is 0.333. The Balaban J connectivity index is 2.22. The molecule has 0 aromatic carbocycles.